The third kappa shape index (κ3) is 6.29. The molecule has 0 aromatic heterocycles. The molecule has 0 saturated carbocycles. The van der Waals surface area contributed by atoms with Crippen molar-refractivity contribution in [1.29, 1.82) is 0 Å². The Morgan fingerprint density at radius 2 is 0.841 bits per heavy atom. The van der Waals surface area contributed by atoms with Crippen molar-refractivity contribution in [1.82, 2.24) is 0 Å². The van der Waals surface area contributed by atoms with Crippen molar-refractivity contribution in [3.8, 4) is 45.3 Å². The standard InChI is InChI=1S/C36H34O4Si.2CH3.Hf/c1-37-27-13-25(14-28(19-27)38-2)33-11-7-9-23-17-31(21-35(23)33)41(5,6)32-18-24-10-8-12-34(36(24)22-32)26-15-29(39-3)20-30(16-26)40-4;;;/h7-22H,1-6H3;2*1H3;/q-2;2*-1;+4. The Morgan fingerprint density at radius 3 is 1.16 bits per heavy atom. The van der Waals surface area contributed by atoms with E-state index in [1.165, 1.54) is 43.0 Å². The van der Waals surface area contributed by atoms with Crippen molar-refractivity contribution in [3.05, 3.63) is 112 Å². The summed E-state index contributed by atoms with van der Waals surface area (Å²) in [6.07, 6.45) is 0. The molecular formula is C38H40HfO4Si. The van der Waals surface area contributed by atoms with Crippen LogP contribution in [-0.4, -0.2) is 36.5 Å². The first-order valence-corrected chi connectivity index (χ1v) is 16.7. The fraction of sp³-hybridized carbons (Fsp3) is 0.158. The molecule has 4 nitrogen and oxygen atoms in total. The number of rotatable bonds is 8. The molecule has 0 fully saturated rings. The number of hydrogen-bond acceptors (Lipinski definition) is 4. The van der Waals surface area contributed by atoms with E-state index in [1.54, 1.807) is 28.4 Å². The second kappa shape index (κ2) is 14.0. The normalized spacial score (nSPS) is 10.9. The molecule has 6 rings (SSSR count). The van der Waals surface area contributed by atoms with Gasteiger partial charge in [-0.05, 0) is 35.4 Å². The van der Waals surface area contributed by atoms with Gasteiger partial charge in [0.1, 0.15) is 23.0 Å². The predicted octanol–water partition coefficient (Wildman–Crippen LogP) is 8.52. The van der Waals surface area contributed by atoms with E-state index in [-0.39, 0.29) is 40.7 Å². The molecule has 6 heteroatoms. The second-order valence-electron chi connectivity index (χ2n) is 10.9. The van der Waals surface area contributed by atoms with E-state index in [2.05, 4.69) is 98.0 Å². The first kappa shape index (κ1) is 34.9. The zero-order valence-corrected chi connectivity index (χ0v) is 31.5. The summed E-state index contributed by atoms with van der Waals surface area (Å²) in [6.45, 7) is 4.88. The summed E-state index contributed by atoms with van der Waals surface area (Å²) in [4.78, 5) is 0. The molecule has 0 spiro atoms. The summed E-state index contributed by atoms with van der Waals surface area (Å²) in [5.74, 6) is 3.13. The van der Waals surface area contributed by atoms with Crippen LogP contribution in [0.3, 0.4) is 0 Å². The van der Waals surface area contributed by atoms with Crippen molar-refractivity contribution in [2.24, 2.45) is 0 Å². The quantitative estimate of drug-likeness (QED) is 0.115. The second-order valence-corrected chi connectivity index (χ2v) is 15.3. The first-order valence-electron chi connectivity index (χ1n) is 13.7. The Labute approximate surface area is 282 Å². The first-order chi connectivity index (χ1) is 19.8. The SMILES string of the molecule is COc1cc(OC)cc(-c2cccc3[cH-]c([Si](C)(C)c4cc5c(-c6cc(OC)cc(OC)c6)cccc5[cH-]4)cc23)c1.[CH3-].[CH3-].[Hf+4]. The molecule has 6 aromatic carbocycles. The molecule has 0 atom stereocenters. The Morgan fingerprint density at radius 1 is 0.500 bits per heavy atom. The molecule has 0 bridgehead atoms. The molecule has 0 aliphatic heterocycles. The van der Waals surface area contributed by atoms with E-state index in [4.69, 9.17) is 18.9 Å². The monoisotopic (exact) mass is 768 g/mol. The van der Waals surface area contributed by atoms with E-state index in [0.29, 0.717) is 0 Å². The third-order valence-electron chi connectivity index (χ3n) is 8.27. The van der Waals surface area contributed by atoms with Gasteiger partial charge in [-0.15, -0.1) is 68.3 Å². The molecule has 0 heterocycles. The Balaban J connectivity index is 0.00000176. The van der Waals surface area contributed by atoms with Crippen molar-refractivity contribution in [2.45, 2.75) is 13.1 Å². The summed E-state index contributed by atoms with van der Waals surface area (Å²) < 4.78 is 22.2. The Hall–Kier alpha value is -3.61. The van der Waals surface area contributed by atoms with E-state index in [1.807, 2.05) is 12.1 Å². The van der Waals surface area contributed by atoms with Gasteiger partial charge in [-0.3, -0.25) is 0 Å². The minimum atomic E-state index is -2.04. The van der Waals surface area contributed by atoms with Crippen LogP contribution < -0.4 is 29.3 Å². The van der Waals surface area contributed by atoms with Gasteiger partial charge in [0.05, 0.1) is 36.5 Å². The minimum absolute atomic E-state index is 0. The van der Waals surface area contributed by atoms with E-state index in [9.17, 15) is 0 Å². The van der Waals surface area contributed by atoms with E-state index in [0.717, 1.165) is 34.1 Å². The molecule has 224 valence electrons. The molecule has 6 aromatic rings. The molecular weight excluding hydrogens is 727 g/mol. The van der Waals surface area contributed by atoms with Crippen molar-refractivity contribution >= 4 is 40.0 Å². The maximum absolute atomic E-state index is 5.56. The molecule has 0 aliphatic rings. The zero-order chi connectivity index (χ0) is 28.7. The summed E-state index contributed by atoms with van der Waals surface area (Å²) >= 11 is 0. The summed E-state index contributed by atoms with van der Waals surface area (Å²) in [5.41, 5.74) is 4.53. The van der Waals surface area contributed by atoms with Crippen LogP contribution in [0.25, 0.3) is 43.8 Å². The maximum atomic E-state index is 5.56. The van der Waals surface area contributed by atoms with Crippen molar-refractivity contribution in [3.63, 3.8) is 0 Å². The number of benzene rings is 4. The Bertz CT molecular complexity index is 1700. The minimum Gasteiger partial charge on any atom is -0.497 e. The third-order valence-corrected chi connectivity index (χ3v) is 11.7. The average Bonchev–Trinajstić information content (AvgIpc) is 3.66. The van der Waals surface area contributed by atoms with Gasteiger partial charge >= 0.3 is 25.8 Å². The van der Waals surface area contributed by atoms with Crippen LogP contribution in [0, 0.1) is 14.9 Å². The van der Waals surface area contributed by atoms with Crippen LogP contribution >= 0.6 is 0 Å². The van der Waals surface area contributed by atoms with Crippen molar-refractivity contribution < 1.29 is 44.8 Å². The van der Waals surface area contributed by atoms with Crippen LogP contribution in [-0.2, 0) is 25.8 Å². The number of ether oxygens (including phenoxy) is 4. The summed E-state index contributed by atoms with van der Waals surface area (Å²) in [5, 5.41) is 7.82. The van der Waals surface area contributed by atoms with Gasteiger partial charge in [0.15, 0.2) is 0 Å². The van der Waals surface area contributed by atoms with E-state index >= 15 is 0 Å². The number of hydrogen-bond donors (Lipinski definition) is 0. The molecule has 0 amide bonds. The van der Waals surface area contributed by atoms with Gasteiger partial charge < -0.3 is 33.8 Å². The fourth-order valence-electron chi connectivity index (χ4n) is 5.79. The van der Waals surface area contributed by atoms with Crippen LogP contribution in [0.4, 0.5) is 0 Å². The molecule has 0 radical (unpaired) electrons. The molecule has 0 unspecified atom stereocenters. The fourth-order valence-corrected chi connectivity index (χ4v) is 8.16. The van der Waals surface area contributed by atoms with Crippen molar-refractivity contribution in [2.75, 3.05) is 28.4 Å². The van der Waals surface area contributed by atoms with Gasteiger partial charge in [0, 0.05) is 12.1 Å². The summed E-state index contributed by atoms with van der Waals surface area (Å²) in [6, 6.07) is 34.7. The topological polar surface area (TPSA) is 36.9 Å². The van der Waals surface area contributed by atoms with E-state index < -0.39 is 8.07 Å². The maximum Gasteiger partial charge on any atom is 4.00 e. The molecule has 0 N–H and O–H groups in total. The van der Waals surface area contributed by atoms with Crippen LogP contribution in [0.2, 0.25) is 13.1 Å². The smallest absolute Gasteiger partial charge is 0.497 e. The van der Waals surface area contributed by atoms with Crippen LogP contribution in [0.15, 0.2) is 97.1 Å². The summed E-state index contributed by atoms with van der Waals surface area (Å²) in [7, 11) is 4.71. The average molecular weight is 767 g/mol. The van der Waals surface area contributed by atoms with Gasteiger partial charge in [-0.1, -0.05) is 36.4 Å². The predicted molar refractivity (Wildman–Crippen MR) is 186 cm³/mol. The molecule has 0 saturated heterocycles. The van der Waals surface area contributed by atoms with Gasteiger partial charge in [0.2, 0.25) is 0 Å². The molecule has 44 heavy (non-hydrogen) atoms. The molecule has 0 aliphatic carbocycles. The number of fused-ring (bicyclic) bond motifs is 2. The zero-order valence-electron chi connectivity index (χ0n) is 26.9. The van der Waals surface area contributed by atoms with Crippen LogP contribution in [0.1, 0.15) is 0 Å². The van der Waals surface area contributed by atoms with Gasteiger partial charge in [-0.2, -0.15) is 12.1 Å². The largest absolute Gasteiger partial charge is 4.00 e. The van der Waals surface area contributed by atoms with Gasteiger partial charge in [0.25, 0.3) is 0 Å². The Kier molecular flexibility index (Phi) is 11.1. The van der Waals surface area contributed by atoms with Gasteiger partial charge in [-0.25, -0.2) is 0 Å². The van der Waals surface area contributed by atoms with Crippen LogP contribution in [0.5, 0.6) is 23.0 Å². The number of methoxy groups -OCH3 is 4.